The van der Waals surface area contributed by atoms with Crippen molar-refractivity contribution in [2.75, 3.05) is 12.4 Å². The molecule has 0 aliphatic heterocycles. The summed E-state index contributed by atoms with van der Waals surface area (Å²) in [7, 11) is 1.85. The van der Waals surface area contributed by atoms with E-state index in [2.05, 4.69) is 79.1 Å². The van der Waals surface area contributed by atoms with Crippen LogP contribution in [0.15, 0.2) is 71.8 Å². The summed E-state index contributed by atoms with van der Waals surface area (Å²) in [6, 6.07) is 16.7. The van der Waals surface area contributed by atoms with Crippen LogP contribution in [0, 0.1) is 12.8 Å². The van der Waals surface area contributed by atoms with E-state index in [1.54, 1.807) is 0 Å². The number of allylic oxidation sites excluding steroid dienone is 2. The van der Waals surface area contributed by atoms with Gasteiger partial charge in [0.05, 0.1) is 11.7 Å². The van der Waals surface area contributed by atoms with Gasteiger partial charge in [0.1, 0.15) is 5.69 Å². The molecule has 5 heteroatoms. The molecule has 0 saturated heterocycles. The predicted molar refractivity (Wildman–Crippen MR) is 155 cm³/mol. The van der Waals surface area contributed by atoms with E-state index in [9.17, 15) is 0 Å². The third-order valence-electron chi connectivity index (χ3n) is 6.89. The number of likely N-dealkylation sites (N-methyl/N-ethyl adjacent to an activating group) is 1. The fourth-order valence-electron chi connectivity index (χ4n) is 4.78. The standard InChI is InChI=1S/C31H39N5/c1-4-11-27(24-12-7-5-6-8-13-24)35-30-22(2)26-14-9-10-15-28(26)36-31(30)34-25-19-16-23(17-20-25)18-21-29(32)33-3/h5-6,9-10,14-21,24,29,33H,4,7-8,11-13,32H2,1-3H3,(H,34,36)/b21-18+,35-27?. The van der Waals surface area contributed by atoms with E-state index < -0.39 is 0 Å². The number of aliphatic imine (C=N–C) groups is 1. The first kappa shape index (κ1) is 25.8. The molecule has 1 aliphatic carbocycles. The van der Waals surface area contributed by atoms with Gasteiger partial charge in [-0.15, -0.1) is 0 Å². The van der Waals surface area contributed by atoms with Crippen LogP contribution in [0.5, 0.6) is 0 Å². The van der Waals surface area contributed by atoms with Crippen molar-refractivity contribution in [2.45, 2.75) is 58.5 Å². The molecule has 1 unspecified atom stereocenters. The molecule has 5 nitrogen and oxygen atoms in total. The molecule has 1 aromatic heterocycles. The second-order valence-electron chi connectivity index (χ2n) is 9.55. The van der Waals surface area contributed by atoms with Crippen LogP contribution in [0.1, 0.15) is 56.6 Å². The molecule has 0 amide bonds. The largest absolute Gasteiger partial charge is 0.338 e. The van der Waals surface area contributed by atoms with E-state index in [0.29, 0.717) is 5.92 Å². The molecular formula is C31H39N5. The molecule has 188 valence electrons. The van der Waals surface area contributed by atoms with Crippen molar-refractivity contribution >= 4 is 39.9 Å². The van der Waals surface area contributed by atoms with E-state index in [4.69, 9.17) is 15.7 Å². The van der Waals surface area contributed by atoms with Crippen molar-refractivity contribution in [1.82, 2.24) is 10.3 Å². The van der Waals surface area contributed by atoms with E-state index in [1.807, 2.05) is 25.3 Å². The highest BCUT2D eigenvalue weighted by Gasteiger charge is 2.19. The van der Waals surface area contributed by atoms with Gasteiger partial charge in [-0.1, -0.05) is 68.0 Å². The maximum atomic E-state index is 5.92. The molecule has 0 spiro atoms. The second kappa shape index (κ2) is 12.6. The Labute approximate surface area is 215 Å². The number of nitrogens with one attached hydrogen (secondary N) is 2. The summed E-state index contributed by atoms with van der Waals surface area (Å²) < 4.78 is 0. The van der Waals surface area contributed by atoms with E-state index >= 15 is 0 Å². The first-order valence-electron chi connectivity index (χ1n) is 13.2. The van der Waals surface area contributed by atoms with Crippen molar-refractivity contribution < 1.29 is 0 Å². The van der Waals surface area contributed by atoms with Gasteiger partial charge in [-0.2, -0.15) is 0 Å². The molecule has 0 bridgehead atoms. The van der Waals surface area contributed by atoms with Gasteiger partial charge in [0.25, 0.3) is 0 Å². The zero-order valence-corrected chi connectivity index (χ0v) is 21.8. The van der Waals surface area contributed by atoms with Crippen molar-refractivity contribution in [2.24, 2.45) is 16.6 Å². The molecule has 36 heavy (non-hydrogen) atoms. The third-order valence-corrected chi connectivity index (χ3v) is 6.89. The number of para-hydroxylation sites is 1. The lowest BCUT2D eigenvalue weighted by molar-refractivity contribution is 0.591. The normalized spacial score (nSPS) is 15.9. The fraction of sp³-hybridized carbons (Fsp3) is 0.355. The average Bonchev–Trinajstić information content (AvgIpc) is 3.19. The van der Waals surface area contributed by atoms with Crippen LogP contribution in [0.2, 0.25) is 0 Å². The fourth-order valence-corrected chi connectivity index (χ4v) is 4.78. The van der Waals surface area contributed by atoms with Gasteiger partial charge in [0, 0.05) is 16.8 Å². The number of nitrogens with two attached hydrogens (primary N) is 1. The predicted octanol–water partition coefficient (Wildman–Crippen LogP) is 7.42. The van der Waals surface area contributed by atoms with Crippen molar-refractivity contribution in [3.8, 4) is 0 Å². The summed E-state index contributed by atoms with van der Waals surface area (Å²) in [5.74, 6) is 1.33. The van der Waals surface area contributed by atoms with Gasteiger partial charge in [0.15, 0.2) is 5.82 Å². The van der Waals surface area contributed by atoms with Gasteiger partial charge in [-0.3, -0.25) is 4.99 Å². The zero-order chi connectivity index (χ0) is 25.3. The van der Waals surface area contributed by atoms with E-state index in [1.165, 1.54) is 24.1 Å². The topological polar surface area (TPSA) is 75.3 Å². The number of benzene rings is 2. The van der Waals surface area contributed by atoms with Gasteiger partial charge < -0.3 is 16.4 Å². The first-order chi connectivity index (χ1) is 17.6. The summed E-state index contributed by atoms with van der Waals surface area (Å²) in [5.41, 5.74) is 12.4. The summed E-state index contributed by atoms with van der Waals surface area (Å²) in [6.45, 7) is 4.42. The van der Waals surface area contributed by atoms with Gasteiger partial charge >= 0.3 is 0 Å². The van der Waals surface area contributed by atoms with Crippen LogP contribution < -0.4 is 16.4 Å². The van der Waals surface area contributed by atoms with Crippen LogP contribution in [0.25, 0.3) is 17.0 Å². The maximum absolute atomic E-state index is 5.92. The van der Waals surface area contributed by atoms with Crippen LogP contribution in [-0.2, 0) is 0 Å². The van der Waals surface area contributed by atoms with E-state index in [-0.39, 0.29) is 6.17 Å². The minimum Gasteiger partial charge on any atom is -0.338 e. The molecule has 4 N–H and O–H groups in total. The average molecular weight is 482 g/mol. The maximum Gasteiger partial charge on any atom is 0.157 e. The van der Waals surface area contributed by atoms with Gasteiger partial charge in [0.2, 0.25) is 0 Å². The Kier molecular flexibility index (Phi) is 9.04. The number of nitrogens with zero attached hydrogens (tertiary/aromatic N) is 2. The lowest BCUT2D eigenvalue weighted by atomic mass is 9.91. The zero-order valence-electron chi connectivity index (χ0n) is 21.8. The smallest absolute Gasteiger partial charge is 0.157 e. The van der Waals surface area contributed by atoms with Gasteiger partial charge in [-0.05, 0) is 81.3 Å². The van der Waals surface area contributed by atoms with Crippen LogP contribution >= 0.6 is 0 Å². The van der Waals surface area contributed by atoms with Crippen molar-refractivity contribution in [3.05, 3.63) is 77.9 Å². The molecule has 0 saturated carbocycles. The Hall–Kier alpha value is -3.28. The molecule has 1 atom stereocenters. The molecule has 0 fully saturated rings. The van der Waals surface area contributed by atoms with Crippen molar-refractivity contribution in [3.63, 3.8) is 0 Å². The minimum absolute atomic E-state index is 0.158. The number of hydrogen-bond donors (Lipinski definition) is 3. The van der Waals surface area contributed by atoms with Crippen LogP contribution in [0.4, 0.5) is 17.2 Å². The highest BCUT2D eigenvalue weighted by atomic mass is 15.0. The Bertz CT molecular complexity index is 1230. The number of pyridine rings is 1. The Morgan fingerprint density at radius 2 is 1.83 bits per heavy atom. The second-order valence-corrected chi connectivity index (χ2v) is 9.55. The number of hydrogen-bond acceptors (Lipinski definition) is 5. The van der Waals surface area contributed by atoms with E-state index in [0.717, 1.165) is 59.3 Å². The molecule has 0 radical (unpaired) electrons. The molecule has 2 aromatic carbocycles. The summed E-state index contributed by atoms with van der Waals surface area (Å²) in [5, 5.41) is 7.75. The molecular weight excluding hydrogens is 442 g/mol. The van der Waals surface area contributed by atoms with Crippen LogP contribution in [0.3, 0.4) is 0 Å². The molecule has 3 aromatic rings. The number of anilines is 2. The summed E-state index contributed by atoms with van der Waals surface area (Å²) in [6.07, 6.45) is 15.2. The summed E-state index contributed by atoms with van der Waals surface area (Å²) >= 11 is 0. The lowest BCUT2D eigenvalue weighted by Crippen LogP contribution is -2.31. The third kappa shape index (κ3) is 6.48. The number of aromatic nitrogens is 1. The van der Waals surface area contributed by atoms with Crippen molar-refractivity contribution in [1.29, 1.82) is 0 Å². The molecule has 1 aliphatic rings. The monoisotopic (exact) mass is 481 g/mol. The SMILES string of the molecule is CCCC(=Nc1c(Nc2ccc(/C=C/C(N)NC)cc2)nc2ccccc2c1C)C1CCC=CCC1. The summed E-state index contributed by atoms with van der Waals surface area (Å²) in [4.78, 5) is 10.4. The molecule has 4 rings (SSSR count). The Morgan fingerprint density at radius 3 is 2.53 bits per heavy atom. The Morgan fingerprint density at radius 1 is 1.11 bits per heavy atom. The van der Waals surface area contributed by atoms with Crippen LogP contribution in [-0.4, -0.2) is 23.9 Å². The number of rotatable bonds is 9. The lowest BCUT2D eigenvalue weighted by Gasteiger charge is -2.19. The van der Waals surface area contributed by atoms with Gasteiger partial charge in [-0.25, -0.2) is 4.98 Å². The minimum atomic E-state index is -0.158. The quantitative estimate of drug-likeness (QED) is 0.169. The highest BCUT2D eigenvalue weighted by Crippen LogP contribution is 2.36. The Balaban J connectivity index is 1.71. The number of fused-ring (bicyclic) bond motifs is 1. The number of aryl methyl sites for hydroxylation is 1. The molecule has 1 heterocycles. The highest BCUT2D eigenvalue weighted by molar-refractivity contribution is 5.96. The first-order valence-corrected chi connectivity index (χ1v) is 13.2.